The van der Waals surface area contributed by atoms with Crippen LogP contribution in [0.4, 0.5) is 4.39 Å². The number of carbonyl (C=O) groups excluding carboxylic acids is 1. The standard InChI is InChI=1S/C16H19FOS/c1-10-9-16(3,15(19-4)11(10)2)14(18)12-5-7-13(17)8-6-12/h5-8,15H,9H2,1-4H3/t15-,16+/m0/s1. The molecule has 1 aromatic rings. The monoisotopic (exact) mass is 278 g/mol. The number of carbonyl (C=O) groups is 1. The average Bonchev–Trinajstić information content (AvgIpc) is 2.61. The molecule has 0 amide bonds. The molecule has 0 spiro atoms. The number of ketones is 1. The summed E-state index contributed by atoms with van der Waals surface area (Å²) in [5, 5.41) is 0.213. The number of benzene rings is 1. The quantitative estimate of drug-likeness (QED) is 0.598. The van der Waals surface area contributed by atoms with E-state index in [2.05, 4.69) is 13.8 Å². The highest BCUT2D eigenvalue weighted by Gasteiger charge is 2.46. The second-order valence-corrected chi connectivity index (χ2v) is 6.45. The van der Waals surface area contributed by atoms with E-state index in [0.29, 0.717) is 5.56 Å². The summed E-state index contributed by atoms with van der Waals surface area (Å²) in [6, 6.07) is 5.88. The zero-order valence-corrected chi connectivity index (χ0v) is 12.6. The molecule has 2 rings (SSSR count). The molecular formula is C16H19FOS. The van der Waals surface area contributed by atoms with E-state index >= 15 is 0 Å². The Morgan fingerprint density at radius 3 is 2.42 bits per heavy atom. The third-order valence-corrected chi connectivity index (χ3v) is 5.48. The first-order valence-corrected chi connectivity index (χ1v) is 7.68. The second-order valence-electron chi connectivity index (χ2n) is 5.51. The van der Waals surface area contributed by atoms with Crippen molar-refractivity contribution in [3.05, 3.63) is 46.8 Å². The highest BCUT2D eigenvalue weighted by atomic mass is 32.2. The minimum absolute atomic E-state index is 0.114. The van der Waals surface area contributed by atoms with E-state index in [1.165, 1.54) is 23.3 Å². The molecular weight excluding hydrogens is 259 g/mol. The Kier molecular flexibility index (Phi) is 3.86. The molecule has 0 aromatic heterocycles. The van der Waals surface area contributed by atoms with Crippen molar-refractivity contribution < 1.29 is 9.18 Å². The Morgan fingerprint density at radius 2 is 1.89 bits per heavy atom. The van der Waals surface area contributed by atoms with E-state index in [4.69, 9.17) is 0 Å². The lowest BCUT2D eigenvalue weighted by Crippen LogP contribution is -2.35. The molecule has 0 aliphatic heterocycles. The lowest BCUT2D eigenvalue weighted by atomic mass is 9.78. The number of hydrogen-bond donors (Lipinski definition) is 0. The van der Waals surface area contributed by atoms with Gasteiger partial charge in [0.1, 0.15) is 5.82 Å². The molecule has 3 heteroatoms. The van der Waals surface area contributed by atoms with Gasteiger partial charge in [-0.25, -0.2) is 4.39 Å². The zero-order chi connectivity index (χ0) is 14.2. The van der Waals surface area contributed by atoms with Crippen LogP contribution in [0.15, 0.2) is 35.4 Å². The molecule has 0 fully saturated rings. The van der Waals surface area contributed by atoms with E-state index in [1.807, 2.05) is 13.2 Å². The molecule has 0 N–H and O–H groups in total. The minimum atomic E-state index is -0.411. The first-order valence-electron chi connectivity index (χ1n) is 6.39. The fourth-order valence-corrected chi connectivity index (χ4v) is 4.32. The Labute approximate surface area is 118 Å². The van der Waals surface area contributed by atoms with Gasteiger partial charge >= 0.3 is 0 Å². The predicted molar refractivity (Wildman–Crippen MR) is 79.1 cm³/mol. The number of hydrogen-bond acceptors (Lipinski definition) is 2. The number of thioether (sulfide) groups is 1. The number of Topliss-reactive ketones (excluding diaryl/α,β-unsaturated/α-hetero) is 1. The molecule has 1 aliphatic carbocycles. The molecule has 0 saturated heterocycles. The van der Waals surface area contributed by atoms with Gasteiger partial charge in [0, 0.05) is 10.8 Å². The zero-order valence-electron chi connectivity index (χ0n) is 11.8. The van der Waals surface area contributed by atoms with Crippen LogP contribution in [0.1, 0.15) is 37.6 Å². The predicted octanol–water partition coefficient (Wildman–Crippen LogP) is 4.49. The summed E-state index contributed by atoms with van der Waals surface area (Å²) >= 11 is 1.72. The van der Waals surface area contributed by atoms with Crippen molar-refractivity contribution in [2.75, 3.05) is 6.26 Å². The second kappa shape index (κ2) is 5.12. The number of allylic oxidation sites excluding steroid dienone is 1. The number of rotatable bonds is 3. The van der Waals surface area contributed by atoms with Crippen LogP contribution in [-0.2, 0) is 0 Å². The Morgan fingerprint density at radius 1 is 1.32 bits per heavy atom. The smallest absolute Gasteiger partial charge is 0.170 e. The highest BCUT2D eigenvalue weighted by Crippen LogP contribution is 2.49. The molecule has 1 nitrogen and oxygen atoms in total. The third kappa shape index (κ3) is 2.36. The van der Waals surface area contributed by atoms with Crippen molar-refractivity contribution in [2.24, 2.45) is 5.41 Å². The van der Waals surface area contributed by atoms with Crippen LogP contribution < -0.4 is 0 Å². The van der Waals surface area contributed by atoms with Crippen molar-refractivity contribution in [3.63, 3.8) is 0 Å². The number of halogens is 1. The minimum Gasteiger partial charge on any atom is -0.294 e. The summed E-state index contributed by atoms with van der Waals surface area (Å²) in [5.41, 5.74) is 2.80. The topological polar surface area (TPSA) is 17.1 Å². The van der Waals surface area contributed by atoms with Crippen LogP contribution in [0, 0.1) is 11.2 Å². The summed E-state index contributed by atoms with van der Waals surface area (Å²) in [4.78, 5) is 12.8. The summed E-state index contributed by atoms with van der Waals surface area (Å²) in [7, 11) is 0. The van der Waals surface area contributed by atoms with Crippen LogP contribution in [0.2, 0.25) is 0 Å². The Balaban J connectivity index is 2.36. The van der Waals surface area contributed by atoms with Crippen LogP contribution in [0.5, 0.6) is 0 Å². The molecule has 2 atom stereocenters. The van der Waals surface area contributed by atoms with Gasteiger partial charge in [-0.05, 0) is 50.8 Å². The SMILES string of the molecule is CS[C@H]1C(C)=C(C)C[C@]1(C)C(=O)c1ccc(F)cc1. The van der Waals surface area contributed by atoms with E-state index in [-0.39, 0.29) is 16.9 Å². The maximum atomic E-state index is 13.0. The van der Waals surface area contributed by atoms with Gasteiger partial charge in [0.15, 0.2) is 5.78 Å². The summed E-state index contributed by atoms with van der Waals surface area (Å²) in [6.45, 7) is 6.24. The molecule has 0 saturated carbocycles. The summed E-state index contributed by atoms with van der Waals surface area (Å²) in [6.07, 6.45) is 2.84. The fraction of sp³-hybridized carbons (Fsp3) is 0.438. The molecule has 19 heavy (non-hydrogen) atoms. The third-order valence-electron chi connectivity index (χ3n) is 4.14. The van der Waals surface area contributed by atoms with E-state index < -0.39 is 5.41 Å². The van der Waals surface area contributed by atoms with Crippen LogP contribution in [0.3, 0.4) is 0 Å². The molecule has 0 unspecified atom stereocenters. The van der Waals surface area contributed by atoms with E-state index in [0.717, 1.165) is 6.42 Å². The molecule has 1 aliphatic rings. The largest absolute Gasteiger partial charge is 0.294 e. The van der Waals surface area contributed by atoms with Gasteiger partial charge in [-0.3, -0.25) is 4.79 Å². The van der Waals surface area contributed by atoms with Crippen LogP contribution in [-0.4, -0.2) is 17.3 Å². The van der Waals surface area contributed by atoms with E-state index in [9.17, 15) is 9.18 Å². The maximum Gasteiger partial charge on any atom is 0.170 e. The molecule has 0 heterocycles. The Hall–Kier alpha value is -1.09. The van der Waals surface area contributed by atoms with E-state index in [1.54, 1.807) is 23.9 Å². The van der Waals surface area contributed by atoms with Gasteiger partial charge in [0.05, 0.1) is 5.41 Å². The van der Waals surface area contributed by atoms with Crippen molar-refractivity contribution >= 4 is 17.5 Å². The van der Waals surface area contributed by atoms with Crippen molar-refractivity contribution in [3.8, 4) is 0 Å². The Bertz CT molecular complexity index is 532. The highest BCUT2D eigenvalue weighted by molar-refractivity contribution is 7.99. The van der Waals surface area contributed by atoms with Gasteiger partial charge in [-0.2, -0.15) is 11.8 Å². The van der Waals surface area contributed by atoms with Gasteiger partial charge < -0.3 is 0 Å². The van der Waals surface area contributed by atoms with Gasteiger partial charge in [0.25, 0.3) is 0 Å². The first kappa shape index (κ1) is 14.3. The summed E-state index contributed by atoms with van der Waals surface area (Å²) < 4.78 is 13.0. The fourth-order valence-electron chi connectivity index (χ4n) is 3.05. The van der Waals surface area contributed by atoms with Gasteiger partial charge in [-0.1, -0.05) is 18.1 Å². The molecule has 1 aromatic carbocycles. The summed E-state index contributed by atoms with van der Waals surface area (Å²) in [5.74, 6) is -0.192. The van der Waals surface area contributed by atoms with Gasteiger partial charge in [-0.15, -0.1) is 0 Å². The maximum absolute atomic E-state index is 13.0. The van der Waals surface area contributed by atoms with Crippen molar-refractivity contribution in [1.29, 1.82) is 0 Å². The average molecular weight is 278 g/mol. The first-order chi connectivity index (χ1) is 8.90. The normalized spacial score (nSPS) is 26.9. The lowest BCUT2D eigenvalue weighted by Gasteiger charge is -2.30. The molecule has 0 radical (unpaired) electrons. The van der Waals surface area contributed by atoms with Crippen LogP contribution >= 0.6 is 11.8 Å². The molecule has 0 bridgehead atoms. The molecule has 102 valence electrons. The van der Waals surface area contributed by atoms with Crippen LogP contribution in [0.25, 0.3) is 0 Å². The lowest BCUT2D eigenvalue weighted by molar-refractivity contribution is 0.0833. The van der Waals surface area contributed by atoms with Crippen molar-refractivity contribution in [2.45, 2.75) is 32.4 Å². The van der Waals surface area contributed by atoms with Gasteiger partial charge in [0.2, 0.25) is 0 Å². The van der Waals surface area contributed by atoms with Crippen molar-refractivity contribution in [1.82, 2.24) is 0 Å².